The zero-order valence-electron chi connectivity index (χ0n) is 11.9. The number of allylic oxidation sites excluding steroid dienone is 2. The van der Waals surface area contributed by atoms with Gasteiger partial charge in [-0.05, 0) is 38.3 Å². The molecule has 0 aliphatic heterocycles. The number of unbranched alkanes of at least 4 members (excludes halogenated alkanes) is 2. The number of rotatable bonds is 7. The first-order valence-corrected chi connectivity index (χ1v) is 7.73. The van der Waals surface area contributed by atoms with E-state index in [0.717, 1.165) is 29.7 Å². The van der Waals surface area contributed by atoms with Crippen molar-refractivity contribution in [1.29, 1.82) is 0 Å². The second kappa shape index (κ2) is 9.26. The molecule has 0 aromatic heterocycles. The molecule has 1 aromatic rings. The van der Waals surface area contributed by atoms with Crippen LogP contribution in [0.3, 0.4) is 0 Å². The second-order valence-corrected chi connectivity index (χ2v) is 5.68. The van der Waals surface area contributed by atoms with Crippen molar-refractivity contribution in [3.8, 4) is 0 Å². The topological polar surface area (TPSA) is 43.4 Å². The quantitative estimate of drug-likeness (QED) is 0.439. The fourth-order valence-electron chi connectivity index (χ4n) is 1.51. The van der Waals surface area contributed by atoms with Crippen LogP contribution in [0.2, 0.25) is 0 Å². The Balaban J connectivity index is 2.28. The van der Waals surface area contributed by atoms with Crippen LogP contribution in [-0.4, -0.2) is 17.3 Å². The molecule has 1 aromatic carbocycles. The Hall–Kier alpha value is -1.68. The van der Waals surface area contributed by atoms with Crippen molar-refractivity contribution >= 4 is 16.8 Å². The lowest BCUT2D eigenvalue weighted by molar-refractivity contribution is -0.134. The largest absolute Gasteiger partial charge is 0.466 e. The van der Waals surface area contributed by atoms with E-state index >= 15 is 0 Å². The van der Waals surface area contributed by atoms with Gasteiger partial charge < -0.3 is 4.74 Å². The first-order valence-electron chi connectivity index (χ1n) is 6.52. The molecule has 4 heteroatoms. The first-order chi connectivity index (χ1) is 9.63. The summed E-state index contributed by atoms with van der Waals surface area (Å²) in [5, 5.41) is 1.72. The van der Waals surface area contributed by atoms with Gasteiger partial charge in [0.1, 0.15) is 0 Å². The highest BCUT2D eigenvalue weighted by atomic mass is 32.2. The molecule has 0 N–H and O–H groups in total. The molecule has 20 heavy (non-hydrogen) atoms. The molecule has 0 amide bonds. The predicted molar refractivity (Wildman–Crippen MR) is 81.7 cm³/mol. The lowest BCUT2D eigenvalue weighted by atomic mass is 10.2. The molecule has 0 heterocycles. The molecule has 1 unspecified atom stereocenters. The van der Waals surface area contributed by atoms with Gasteiger partial charge in [-0.15, -0.1) is 0 Å². The van der Waals surface area contributed by atoms with Gasteiger partial charge in [0.25, 0.3) is 0 Å². The molecular weight excluding hydrogens is 272 g/mol. The van der Waals surface area contributed by atoms with E-state index in [9.17, 15) is 9.00 Å². The maximum absolute atomic E-state index is 11.9. The van der Waals surface area contributed by atoms with Crippen molar-refractivity contribution in [1.82, 2.24) is 0 Å². The highest BCUT2D eigenvalue weighted by Gasteiger charge is 1.97. The Morgan fingerprint density at radius 1 is 1.20 bits per heavy atom. The molecule has 0 bridgehead atoms. The van der Waals surface area contributed by atoms with Crippen LogP contribution in [0.25, 0.3) is 0 Å². The van der Waals surface area contributed by atoms with Crippen LogP contribution < -0.4 is 0 Å². The SMILES string of the molecule is COC(=O)/C=C/CCC/C=C/S(=O)c1ccc(C)cc1. The number of methoxy groups -OCH3 is 1. The molecule has 1 rings (SSSR count). The Kier molecular flexibility index (Phi) is 7.58. The molecular formula is C16H20O3S. The number of hydrogen-bond donors (Lipinski definition) is 0. The van der Waals surface area contributed by atoms with Crippen LogP contribution in [0.5, 0.6) is 0 Å². The Morgan fingerprint density at radius 2 is 1.85 bits per heavy atom. The van der Waals surface area contributed by atoms with E-state index in [-0.39, 0.29) is 5.97 Å². The molecule has 0 saturated carbocycles. The molecule has 0 fully saturated rings. The zero-order chi connectivity index (χ0) is 14.8. The van der Waals surface area contributed by atoms with E-state index in [1.54, 1.807) is 11.5 Å². The zero-order valence-corrected chi connectivity index (χ0v) is 12.7. The molecule has 108 valence electrons. The van der Waals surface area contributed by atoms with Crippen molar-refractivity contribution in [3.05, 3.63) is 53.5 Å². The van der Waals surface area contributed by atoms with Gasteiger partial charge in [-0.25, -0.2) is 9.00 Å². The van der Waals surface area contributed by atoms with Crippen molar-refractivity contribution < 1.29 is 13.7 Å². The number of carbonyl (C=O) groups is 1. The molecule has 0 radical (unpaired) electrons. The summed E-state index contributed by atoms with van der Waals surface area (Å²) in [5.41, 5.74) is 1.16. The maximum Gasteiger partial charge on any atom is 0.330 e. The first kappa shape index (κ1) is 16.4. The molecule has 3 nitrogen and oxygen atoms in total. The standard InChI is InChI=1S/C16H20O3S/c1-14-9-11-15(12-10-14)20(18)13-7-5-3-4-6-8-16(17)19-2/h6-13H,3-5H2,1-2H3/b8-6+,13-7+. The summed E-state index contributed by atoms with van der Waals surface area (Å²) in [6.07, 6.45) is 7.68. The van der Waals surface area contributed by atoms with E-state index in [1.807, 2.05) is 37.3 Å². The fourth-order valence-corrected chi connectivity index (χ4v) is 2.38. The minimum Gasteiger partial charge on any atom is -0.466 e. The van der Waals surface area contributed by atoms with Gasteiger partial charge in [-0.2, -0.15) is 0 Å². The molecule has 0 aliphatic carbocycles. The number of esters is 1. The van der Waals surface area contributed by atoms with E-state index < -0.39 is 10.8 Å². The smallest absolute Gasteiger partial charge is 0.330 e. The number of benzene rings is 1. The van der Waals surface area contributed by atoms with Crippen LogP contribution in [0.1, 0.15) is 24.8 Å². The summed E-state index contributed by atoms with van der Waals surface area (Å²) >= 11 is 0. The summed E-state index contributed by atoms with van der Waals surface area (Å²) in [7, 11) is 0.277. The Labute approximate surface area is 122 Å². The molecule has 1 atom stereocenters. The second-order valence-electron chi connectivity index (χ2n) is 4.34. The van der Waals surface area contributed by atoms with Crippen LogP contribution >= 0.6 is 0 Å². The Bertz CT molecular complexity index is 501. The lowest BCUT2D eigenvalue weighted by Gasteiger charge is -1.97. The highest BCUT2D eigenvalue weighted by Crippen LogP contribution is 2.10. The number of ether oxygens (including phenoxy) is 1. The average Bonchev–Trinajstić information content (AvgIpc) is 2.46. The summed E-state index contributed by atoms with van der Waals surface area (Å²) in [6, 6.07) is 7.68. The Morgan fingerprint density at radius 3 is 2.50 bits per heavy atom. The molecule has 0 saturated heterocycles. The van der Waals surface area contributed by atoms with Gasteiger partial charge in [0.2, 0.25) is 0 Å². The number of hydrogen-bond acceptors (Lipinski definition) is 3. The van der Waals surface area contributed by atoms with Crippen LogP contribution in [0.4, 0.5) is 0 Å². The van der Waals surface area contributed by atoms with Crippen LogP contribution in [0, 0.1) is 6.92 Å². The fraction of sp³-hybridized carbons (Fsp3) is 0.312. The van der Waals surface area contributed by atoms with E-state index in [2.05, 4.69) is 4.74 Å². The minimum atomic E-state index is -1.08. The van der Waals surface area contributed by atoms with E-state index in [0.29, 0.717) is 0 Å². The molecule has 0 spiro atoms. The summed E-state index contributed by atoms with van der Waals surface area (Å²) in [4.78, 5) is 11.6. The van der Waals surface area contributed by atoms with Crippen molar-refractivity contribution in [2.45, 2.75) is 31.1 Å². The van der Waals surface area contributed by atoms with Crippen LogP contribution in [0.15, 0.2) is 52.8 Å². The van der Waals surface area contributed by atoms with Crippen molar-refractivity contribution in [2.24, 2.45) is 0 Å². The highest BCUT2D eigenvalue weighted by molar-refractivity contribution is 7.88. The van der Waals surface area contributed by atoms with Crippen molar-refractivity contribution in [2.75, 3.05) is 7.11 Å². The van der Waals surface area contributed by atoms with E-state index in [4.69, 9.17) is 0 Å². The van der Waals surface area contributed by atoms with Gasteiger partial charge in [0.15, 0.2) is 0 Å². The summed E-state index contributed by atoms with van der Waals surface area (Å²) in [6.45, 7) is 2.00. The van der Waals surface area contributed by atoms with Gasteiger partial charge in [0.05, 0.1) is 17.9 Å². The van der Waals surface area contributed by atoms with E-state index in [1.165, 1.54) is 13.2 Å². The number of aryl methyl sites for hydroxylation is 1. The van der Waals surface area contributed by atoms with Gasteiger partial charge in [0, 0.05) is 16.4 Å². The van der Waals surface area contributed by atoms with Crippen LogP contribution in [-0.2, 0) is 20.3 Å². The predicted octanol–water partition coefficient (Wildman–Crippen LogP) is 3.52. The number of carbonyl (C=O) groups excluding carboxylic acids is 1. The monoisotopic (exact) mass is 292 g/mol. The normalized spacial score (nSPS) is 12.9. The molecule has 0 aliphatic rings. The van der Waals surface area contributed by atoms with Gasteiger partial charge >= 0.3 is 5.97 Å². The maximum atomic E-state index is 11.9. The third kappa shape index (κ3) is 6.48. The third-order valence-electron chi connectivity index (χ3n) is 2.67. The lowest BCUT2D eigenvalue weighted by Crippen LogP contribution is -1.93. The third-order valence-corrected chi connectivity index (χ3v) is 3.85. The van der Waals surface area contributed by atoms with Crippen molar-refractivity contribution in [3.63, 3.8) is 0 Å². The van der Waals surface area contributed by atoms with Gasteiger partial charge in [-0.1, -0.05) is 29.8 Å². The summed E-state index contributed by atoms with van der Waals surface area (Å²) < 4.78 is 16.4. The van der Waals surface area contributed by atoms with Gasteiger partial charge in [-0.3, -0.25) is 0 Å². The average molecular weight is 292 g/mol. The summed E-state index contributed by atoms with van der Waals surface area (Å²) in [5.74, 6) is -0.332. The minimum absolute atomic E-state index is 0.332.